The molecule has 0 aliphatic carbocycles. The number of aromatic carboxylic acids is 1. The molecule has 0 radical (unpaired) electrons. The van der Waals surface area contributed by atoms with Gasteiger partial charge in [0, 0.05) is 5.92 Å². The highest BCUT2D eigenvalue weighted by Gasteiger charge is 2.15. The van der Waals surface area contributed by atoms with Gasteiger partial charge in [-0.1, -0.05) is 25.1 Å². The van der Waals surface area contributed by atoms with Gasteiger partial charge in [0.1, 0.15) is 41.8 Å². The van der Waals surface area contributed by atoms with Crippen molar-refractivity contribution in [1.82, 2.24) is 0 Å². The average Bonchev–Trinajstić information content (AvgIpc) is 2.77. The minimum atomic E-state index is -1.15. The molecule has 0 bridgehead atoms. The summed E-state index contributed by atoms with van der Waals surface area (Å²) in [4.78, 5) is 11.2. The molecule has 1 atom stereocenters. The summed E-state index contributed by atoms with van der Waals surface area (Å²) >= 11 is 0. The zero-order valence-corrected chi connectivity index (χ0v) is 16.9. The number of hydrogen-bond donors (Lipinski definition) is 2. The summed E-state index contributed by atoms with van der Waals surface area (Å²) in [6, 6.07) is 19.6. The van der Waals surface area contributed by atoms with Crippen molar-refractivity contribution in [1.29, 1.82) is 0 Å². The second kappa shape index (κ2) is 9.69. The van der Waals surface area contributed by atoms with Gasteiger partial charge >= 0.3 is 5.97 Å². The highest BCUT2D eigenvalue weighted by Crippen LogP contribution is 2.29. The predicted molar refractivity (Wildman–Crippen MR) is 113 cm³/mol. The van der Waals surface area contributed by atoms with E-state index in [-0.39, 0.29) is 17.2 Å². The molecule has 0 aliphatic rings. The van der Waals surface area contributed by atoms with Crippen LogP contribution in [-0.2, 0) is 0 Å². The Hall–Kier alpha value is -3.67. The van der Waals surface area contributed by atoms with Gasteiger partial charge in [-0.2, -0.15) is 0 Å². The first-order chi connectivity index (χ1) is 14.5. The number of carboxylic acids is 1. The molecular weight excluding hydrogens is 384 g/mol. The zero-order chi connectivity index (χ0) is 21.5. The molecule has 0 aromatic heterocycles. The van der Waals surface area contributed by atoms with Gasteiger partial charge in [0.2, 0.25) is 0 Å². The maximum absolute atomic E-state index is 11.2. The van der Waals surface area contributed by atoms with Crippen LogP contribution >= 0.6 is 0 Å². The molecule has 6 nitrogen and oxygen atoms in total. The molecule has 6 heteroatoms. The van der Waals surface area contributed by atoms with Gasteiger partial charge in [0.25, 0.3) is 0 Å². The van der Waals surface area contributed by atoms with Crippen molar-refractivity contribution in [3.63, 3.8) is 0 Å². The van der Waals surface area contributed by atoms with Gasteiger partial charge in [-0.05, 0) is 59.7 Å². The fraction of sp³-hybridized carbons (Fsp3) is 0.208. The largest absolute Gasteiger partial charge is 0.507 e. The number of benzene rings is 3. The van der Waals surface area contributed by atoms with Crippen molar-refractivity contribution in [2.75, 3.05) is 20.3 Å². The van der Waals surface area contributed by atoms with Crippen molar-refractivity contribution in [2.24, 2.45) is 0 Å². The maximum Gasteiger partial charge on any atom is 0.339 e. The third-order valence-electron chi connectivity index (χ3n) is 4.81. The molecule has 2 N–H and O–H groups in total. The lowest BCUT2D eigenvalue weighted by Gasteiger charge is -2.15. The Labute approximate surface area is 175 Å². The van der Waals surface area contributed by atoms with Crippen LogP contribution in [0.2, 0.25) is 0 Å². The molecule has 0 heterocycles. The lowest BCUT2D eigenvalue weighted by molar-refractivity contribution is 0.0693. The first kappa shape index (κ1) is 21.0. The molecule has 0 saturated heterocycles. The number of hydrogen-bond acceptors (Lipinski definition) is 5. The number of methoxy groups -OCH3 is 1. The summed E-state index contributed by atoms with van der Waals surface area (Å²) in [5.41, 5.74) is 1.72. The van der Waals surface area contributed by atoms with Crippen LogP contribution in [0.1, 0.15) is 34.3 Å². The van der Waals surface area contributed by atoms with Crippen molar-refractivity contribution in [2.45, 2.75) is 12.8 Å². The van der Waals surface area contributed by atoms with E-state index in [1.54, 1.807) is 13.2 Å². The Morgan fingerprint density at radius 3 is 1.87 bits per heavy atom. The van der Waals surface area contributed by atoms with E-state index in [0.29, 0.717) is 13.2 Å². The van der Waals surface area contributed by atoms with Crippen LogP contribution in [0.4, 0.5) is 0 Å². The van der Waals surface area contributed by atoms with Crippen LogP contribution in [-0.4, -0.2) is 36.5 Å². The molecule has 0 spiro atoms. The van der Waals surface area contributed by atoms with Crippen LogP contribution < -0.4 is 14.2 Å². The van der Waals surface area contributed by atoms with Gasteiger partial charge < -0.3 is 24.4 Å². The summed E-state index contributed by atoms with van der Waals surface area (Å²) in [6.45, 7) is 2.80. The molecule has 0 amide bonds. The molecular formula is C24H24O6. The van der Waals surface area contributed by atoms with Gasteiger partial charge in [-0.15, -0.1) is 0 Å². The van der Waals surface area contributed by atoms with Gasteiger partial charge in [0.05, 0.1) is 7.11 Å². The maximum atomic E-state index is 11.2. The Morgan fingerprint density at radius 2 is 1.33 bits per heavy atom. The topological polar surface area (TPSA) is 85.2 Å². The van der Waals surface area contributed by atoms with Crippen molar-refractivity contribution >= 4 is 5.97 Å². The van der Waals surface area contributed by atoms with Crippen LogP contribution in [0.5, 0.6) is 23.0 Å². The molecule has 30 heavy (non-hydrogen) atoms. The zero-order valence-electron chi connectivity index (χ0n) is 16.9. The number of rotatable bonds is 9. The van der Waals surface area contributed by atoms with Crippen LogP contribution in [0.3, 0.4) is 0 Å². The quantitative estimate of drug-likeness (QED) is 0.499. The number of aromatic hydroxyl groups is 1. The lowest BCUT2D eigenvalue weighted by Crippen LogP contribution is -2.09. The van der Waals surface area contributed by atoms with E-state index >= 15 is 0 Å². The second-order valence-corrected chi connectivity index (χ2v) is 6.74. The third kappa shape index (κ3) is 5.23. The van der Waals surface area contributed by atoms with Gasteiger partial charge in [0.15, 0.2) is 0 Å². The monoisotopic (exact) mass is 408 g/mol. The fourth-order valence-electron chi connectivity index (χ4n) is 3.03. The number of carboxylic acid groups (broad SMARTS) is 1. The van der Waals surface area contributed by atoms with Crippen molar-refractivity contribution < 1.29 is 29.2 Å². The minimum absolute atomic E-state index is 0.0313. The number of carbonyl (C=O) groups is 1. The molecule has 0 aliphatic heterocycles. The Bertz CT molecular complexity index is 980. The van der Waals surface area contributed by atoms with E-state index < -0.39 is 5.97 Å². The van der Waals surface area contributed by atoms with E-state index in [4.69, 9.17) is 14.2 Å². The first-order valence-electron chi connectivity index (χ1n) is 9.53. The fourth-order valence-corrected chi connectivity index (χ4v) is 3.03. The van der Waals surface area contributed by atoms with Gasteiger partial charge in [-0.3, -0.25) is 0 Å². The normalized spacial score (nSPS) is 11.5. The highest BCUT2D eigenvalue weighted by molar-refractivity contribution is 5.91. The molecule has 3 aromatic rings. The summed E-state index contributed by atoms with van der Waals surface area (Å²) in [5.74, 6) is 0.830. The van der Waals surface area contributed by atoms with E-state index in [0.717, 1.165) is 28.4 Å². The molecule has 3 rings (SSSR count). The summed E-state index contributed by atoms with van der Waals surface area (Å²) in [6.07, 6.45) is 0. The number of ether oxygens (including phenoxy) is 3. The average molecular weight is 408 g/mol. The van der Waals surface area contributed by atoms with Crippen LogP contribution in [0, 0.1) is 0 Å². The third-order valence-corrected chi connectivity index (χ3v) is 4.81. The van der Waals surface area contributed by atoms with Crippen molar-refractivity contribution in [3.05, 3.63) is 83.4 Å². The summed E-state index contributed by atoms with van der Waals surface area (Å²) < 4.78 is 16.5. The molecule has 0 fully saturated rings. The second-order valence-electron chi connectivity index (χ2n) is 6.74. The Balaban J connectivity index is 1.54. The lowest BCUT2D eigenvalue weighted by atomic mass is 9.92. The predicted octanol–water partition coefficient (Wildman–Crippen LogP) is 4.71. The van der Waals surface area contributed by atoms with E-state index in [1.165, 1.54) is 12.1 Å². The first-order valence-corrected chi connectivity index (χ1v) is 9.53. The highest BCUT2D eigenvalue weighted by atomic mass is 16.5. The standard InChI is InChI=1S/C24H24O6/c1-16(18-5-12-23(25)22(15-18)24(26)27)17-3-6-20(7-4-17)29-13-14-30-21-10-8-19(28-2)9-11-21/h3-12,15-16,25H,13-14H2,1-2H3,(H,26,27). The van der Waals surface area contributed by atoms with E-state index in [2.05, 4.69) is 0 Å². The smallest absolute Gasteiger partial charge is 0.339 e. The van der Waals surface area contributed by atoms with E-state index in [9.17, 15) is 15.0 Å². The minimum Gasteiger partial charge on any atom is -0.507 e. The SMILES string of the molecule is COc1ccc(OCCOc2ccc(C(C)c3ccc(O)c(C(=O)O)c3)cc2)cc1. The molecule has 3 aromatic carbocycles. The molecule has 1 unspecified atom stereocenters. The van der Waals surface area contributed by atoms with Crippen molar-refractivity contribution in [3.8, 4) is 23.0 Å². The molecule has 156 valence electrons. The van der Waals surface area contributed by atoms with E-state index in [1.807, 2.05) is 55.5 Å². The Morgan fingerprint density at radius 1 is 0.833 bits per heavy atom. The summed E-state index contributed by atoms with van der Waals surface area (Å²) in [7, 11) is 1.62. The summed E-state index contributed by atoms with van der Waals surface area (Å²) in [5, 5.41) is 18.9. The van der Waals surface area contributed by atoms with Crippen LogP contribution in [0.25, 0.3) is 0 Å². The van der Waals surface area contributed by atoms with Crippen LogP contribution in [0.15, 0.2) is 66.7 Å². The molecule has 0 saturated carbocycles. The van der Waals surface area contributed by atoms with Gasteiger partial charge in [-0.25, -0.2) is 4.79 Å². The number of phenols is 1. The Kier molecular flexibility index (Phi) is 6.80.